The molecule has 3 aromatic heterocycles. The van der Waals surface area contributed by atoms with Gasteiger partial charge in [0.25, 0.3) is 11.2 Å². The first kappa shape index (κ1) is 17.0. The third-order valence-corrected chi connectivity index (χ3v) is 5.38. The van der Waals surface area contributed by atoms with E-state index in [2.05, 4.69) is 15.1 Å². The molecule has 0 atom stereocenters. The molecular weight excluding hydrogens is 370 g/mol. The number of hydrogen-bond donors (Lipinski definition) is 0. The Hall–Kier alpha value is -3.40. The van der Waals surface area contributed by atoms with Gasteiger partial charge in [0.1, 0.15) is 11.4 Å². The minimum absolute atomic E-state index is 0.0187. The van der Waals surface area contributed by atoms with Gasteiger partial charge in [-0.25, -0.2) is 4.98 Å². The monoisotopic (exact) mass is 383 g/mol. The summed E-state index contributed by atoms with van der Waals surface area (Å²) in [6.07, 6.45) is 1.47. The fourth-order valence-corrected chi connectivity index (χ4v) is 3.68. The van der Waals surface area contributed by atoms with Crippen LogP contribution in [0.3, 0.4) is 0 Å². The van der Waals surface area contributed by atoms with Gasteiger partial charge in [0.05, 0.1) is 16.6 Å². The molecule has 9 nitrogen and oxygen atoms in total. The molecule has 0 aliphatic heterocycles. The number of hydrogen-bond acceptors (Lipinski definition) is 8. The summed E-state index contributed by atoms with van der Waals surface area (Å²) in [5.41, 5.74) is 1.34. The fourth-order valence-electron chi connectivity index (χ4n) is 2.70. The molecular formula is C17H13N5O4S. The van der Waals surface area contributed by atoms with E-state index >= 15 is 0 Å². The number of aromatic nitrogens is 4. The number of rotatable bonds is 4. The predicted molar refractivity (Wildman–Crippen MR) is 98.8 cm³/mol. The molecule has 0 aliphatic carbocycles. The number of nitro benzene ring substituents is 1. The first-order valence-electron chi connectivity index (χ1n) is 7.96. The molecule has 10 heteroatoms. The highest BCUT2D eigenvalue weighted by molar-refractivity contribution is 7.18. The van der Waals surface area contributed by atoms with E-state index in [0.717, 1.165) is 10.4 Å². The van der Waals surface area contributed by atoms with E-state index in [1.54, 1.807) is 12.1 Å². The molecule has 0 saturated carbocycles. The van der Waals surface area contributed by atoms with Gasteiger partial charge in [0.2, 0.25) is 11.7 Å². The van der Waals surface area contributed by atoms with Gasteiger partial charge in [-0.15, -0.1) is 11.3 Å². The molecule has 4 rings (SSSR count). The van der Waals surface area contributed by atoms with Crippen molar-refractivity contribution in [3.63, 3.8) is 0 Å². The topological polar surface area (TPSA) is 117 Å². The van der Waals surface area contributed by atoms with Crippen LogP contribution in [0.25, 0.3) is 21.6 Å². The summed E-state index contributed by atoms with van der Waals surface area (Å²) < 4.78 is 6.65. The largest absolute Gasteiger partial charge is 0.337 e. The first-order chi connectivity index (χ1) is 12.9. The molecule has 0 bridgehead atoms. The van der Waals surface area contributed by atoms with Gasteiger partial charge >= 0.3 is 0 Å². The Balaban J connectivity index is 1.64. The maximum Gasteiger partial charge on any atom is 0.269 e. The van der Waals surface area contributed by atoms with Crippen LogP contribution in [0.5, 0.6) is 0 Å². The van der Waals surface area contributed by atoms with Crippen LogP contribution >= 0.6 is 11.3 Å². The van der Waals surface area contributed by atoms with E-state index in [9.17, 15) is 14.9 Å². The lowest BCUT2D eigenvalue weighted by Gasteiger charge is -2.01. The Labute approximate surface area is 156 Å². The summed E-state index contributed by atoms with van der Waals surface area (Å²) in [6, 6.07) is 5.83. The highest BCUT2D eigenvalue weighted by Crippen LogP contribution is 2.25. The van der Waals surface area contributed by atoms with E-state index in [1.165, 1.54) is 34.4 Å². The van der Waals surface area contributed by atoms with Gasteiger partial charge < -0.3 is 4.52 Å². The maximum absolute atomic E-state index is 12.7. The zero-order valence-corrected chi connectivity index (χ0v) is 15.2. The molecule has 0 saturated heterocycles. The van der Waals surface area contributed by atoms with E-state index in [4.69, 9.17) is 4.52 Å². The summed E-state index contributed by atoms with van der Waals surface area (Å²) in [4.78, 5) is 33.3. The molecule has 0 radical (unpaired) electrons. The van der Waals surface area contributed by atoms with Crippen LogP contribution in [0.4, 0.5) is 5.69 Å². The van der Waals surface area contributed by atoms with Crippen LogP contribution in [0.1, 0.15) is 16.3 Å². The van der Waals surface area contributed by atoms with Crippen molar-refractivity contribution in [1.82, 2.24) is 19.7 Å². The highest BCUT2D eigenvalue weighted by Gasteiger charge is 2.15. The average Bonchev–Trinajstić information content (AvgIpc) is 3.23. The van der Waals surface area contributed by atoms with E-state index in [1.807, 2.05) is 13.8 Å². The van der Waals surface area contributed by atoms with Crippen LogP contribution in [0, 0.1) is 24.0 Å². The zero-order chi connectivity index (χ0) is 19.1. The number of thiophene rings is 1. The van der Waals surface area contributed by atoms with Crippen molar-refractivity contribution in [1.29, 1.82) is 0 Å². The lowest BCUT2D eigenvalue weighted by molar-refractivity contribution is -0.384. The number of non-ortho nitro benzene ring substituents is 1. The highest BCUT2D eigenvalue weighted by atomic mass is 32.1. The van der Waals surface area contributed by atoms with E-state index < -0.39 is 4.92 Å². The number of benzene rings is 1. The van der Waals surface area contributed by atoms with Crippen molar-refractivity contribution < 1.29 is 9.45 Å². The second-order valence-electron chi connectivity index (χ2n) is 5.96. The number of nitrogens with zero attached hydrogens (tertiary/aromatic N) is 5. The summed E-state index contributed by atoms with van der Waals surface area (Å²) >= 11 is 1.49. The van der Waals surface area contributed by atoms with Crippen LogP contribution in [0.2, 0.25) is 0 Å². The van der Waals surface area contributed by atoms with E-state index in [0.29, 0.717) is 21.6 Å². The summed E-state index contributed by atoms with van der Waals surface area (Å²) in [5, 5.41) is 15.2. The normalized spacial score (nSPS) is 11.2. The van der Waals surface area contributed by atoms with Crippen molar-refractivity contribution >= 4 is 27.2 Å². The minimum atomic E-state index is -0.477. The standard InChI is InChI=1S/C17H13N5O4S/c1-9-10(2)27-16-14(9)17(23)21(8-18-16)7-13-19-15(20-26-13)11-3-5-12(6-4-11)22(24)25/h3-6,8H,7H2,1-2H3. The van der Waals surface area contributed by atoms with Crippen LogP contribution in [-0.2, 0) is 6.54 Å². The SMILES string of the molecule is Cc1sc2ncn(Cc3nc(-c4ccc([N+](=O)[O-])cc4)no3)c(=O)c2c1C. The summed E-state index contributed by atoms with van der Waals surface area (Å²) in [7, 11) is 0. The van der Waals surface area contributed by atoms with Crippen molar-refractivity contribution in [2.45, 2.75) is 20.4 Å². The first-order valence-corrected chi connectivity index (χ1v) is 8.78. The fraction of sp³-hybridized carbons (Fsp3) is 0.176. The van der Waals surface area contributed by atoms with Crippen LogP contribution in [0.15, 0.2) is 39.9 Å². The Kier molecular flexibility index (Phi) is 4.04. The van der Waals surface area contributed by atoms with Crippen molar-refractivity contribution in [3.05, 3.63) is 67.4 Å². The third kappa shape index (κ3) is 2.99. The molecule has 136 valence electrons. The van der Waals surface area contributed by atoms with Gasteiger partial charge in [-0.3, -0.25) is 19.5 Å². The Morgan fingerprint density at radius 1 is 1.26 bits per heavy atom. The van der Waals surface area contributed by atoms with Gasteiger partial charge in [-0.05, 0) is 31.5 Å². The Morgan fingerprint density at radius 2 is 2.00 bits per heavy atom. The Morgan fingerprint density at radius 3 is 2.70 bits per heavy atom. The molecule has 27 heavy (non-hydrogen) atoms. The average molecular weight is 383 g/mol. The lowest BCUT2D eigenvalue weighted by Crippen LogP contribution is -2.21. The summed E-state index contributed by atoms with van der Waals surface area (Å²) in [6.45, 7) is 3.96. The molecule has 0 fully saturated rings. The van der Waals surface area contributed by atoms with Gasteiger partial charge in [-0.1, -0.05) is 5.16 Å². The van der Waals surface area contributed by atoms with Crippen molar-refractivity contribution in [2.24, 2.45) is 0 Å². The van der Waals surface area contributed by atoms with E-state index in [-0.39, 0.29) is 23.7 Å². The molecule has 0 unspecified atom stereocenters. The predicted octanol–water partition coefficient (Wildman–Crippen LogP) is 3.08. The number of fused-ring (bicyclic) bond motifs is 1. The third-order valence-electron chi connectivity index (χ3n) is 4.27. The smallest absolute Gasteiger partial charge is 0.269 e. The second kappa shape index (κ2) is 6.40. The van der Waals surface area contributed by atoms with Gasteiger partial charge in [0.15, 0.2) is 0 Å². The van der Waals surface area contributed by atoms with Crippen LogP contribution < -0.4 is 5.56 Å². The lowest BCUT2D eigenvalue weighted by atomic mass is 10.2. The molecule has 3 heterocycles. The summed E-state index contributed by atoms with van der Waals surface area (Å²) in [5.74, 6) is 0.542. The molecule has 0 aliphatic rings. The second-order valence-corrected chi connectivity index (χ2v) is 7.16. The Bertz CT molecular complexity index is 1220. The number of aryl methyl sites for hydroxylation is 2. The molecule has 4 aromatic rings. The zero-order valence-electron chi connectivity index (χ0n) is 14.4. The quantitative estimate of drug-likeness (QED) is 0.392. The number of nitro groups is 1. The molecule has 1 aromatic carbocycles. The van der Waals surface area contributed by atoms with Crippen molar-refractivity contribution in [3.8, 4) is 11.4 Å². The van der Waals surface area contributed by atoms with Gasteiger partial charge in [-0.2, -0.15) is 4.98 Å². The molecule has 0 spiro atoms. The van der Waals surface area contributed by atoms with Crippen molar-refractivity contribution in [2.75, 3.05) is 0 Å². The minimum Gasteiger partial charge on any atom is -0.337 e. The maximum atomic E-state index is 12.7. The molecule has 0 amide bonds. The molecule has 0 N–H and O–H groups in total. The van der Waals surface area contributed by atoms with Gasteiger partial charge in [0, 0.05) is 22.6 Å². The van der Waals surface area contributed by atoms with Crippen LogP contribution in [-0.4, -0.2) is 24.6 Å².